The molecule has 1 fully saturated rings. The monoisotopic (exact) mass is 479 g/mol. The molecule has 1 atom stereocenters. The van der Waals surface area contributed by atoms with Gasteiger partial charge in [-0.25, -0.2) is 17.8 Å². The summed E-state index contributed by atoms with van der Waals surface area (Å²) in [4.78, 5) is 17.5. The number of oxazole rings is 1. The van der Waals surface area contributed by atoms with Gasteiger partial charge in [-0.05, 0) is 67.4 Å². The molecule has 1 amide bonds. The molecule has 1 aliphatic heterocycles. The molecule has 1 aromatic heterocycles. The number of anilines is 1. The van der Waals surface area contributed by atoms with E-state index < -0.39 is 21.8 Å². The van der Waals surface area contributed by atoms with E-state index in [0.717, 1.165) is 23.2 Å². The van der Waals surface area contributed by atoms with E-state index in [1.165, 1.54) is 16.4 Å². The Hall–Kier alpha value is -3.56. The first-order valence-corrected chi connectivity index (χ1v) is 12.4. The molecular formula is C25H22FN3O4S. The minimum Gasteiger partial charge on any atom is -0.436 e. The van der Waals surface area contributed by atoms with Crippen LogP contribution < -0.4 is 5.32 Å². The summed E-state index contributed by atoms with van der Waals surface area (Å²) in [7, 11) is -3.81. The summed E-state index contributed by atoms with van der Waals surface area (Å²) in [6.45, 7) is 0.382. The van der Waals surface area contributed by atoms with Gasteiger partial charge < -0.3 is 9.73 Å². The Morgan fingerprint density at radius 2 is 1.85 bits per heavy atom. The van der Waals surface area contributed by atoms with Gasteiger partial charge in [-0.3, -0.25) is 4.79 Å². The number of benzene rings is 3. The van der Waals surface area contributed by atoms with E-state index in [-0.39, 0.29) is 17.3 Å². The van der Waals surface area contributed by atoms with E-state index in [0.29, 0.717) is 36.5 Å². The lowest BCUT2D eigenvalue weighted by atomic mass is 9.98. The van der Waals surface area contributed by atoms with Crippen molar-refractivity contribution in [1.82, 2.24) is 9.29 Å². The van der Waals surface area contributed by atoms with Crippen LogP contribution in [-0.4, -0.2) is 36.7 Å². The fourth-order valence-electron chi connectivity index (χ4n) is 4.10. The fourth-order valence-corrected chi connectivity index (χ4v) is 5.62. The molecule has 174 valence electrons. The summed E-state index contributed by atoms with van der Waals surface area (Å²) in [5.41, 5.74) is 2.72. The zero-order valence-corrected chi connectivity index (χ0v) is 19.0. The van der Waals surface area contributed by atoms with Crippen LogP contribution in [0.2, 0.25) is 0 Å². The molecule has 0 spiro atoms. The van der Waals surface area contributed by atoms with E-state index in [2.05, 4.69) is 10.3 Å². The Bertz CT molecular complexity index is 1420. The van der Waals surface area contributed by atoms with Gasteiger partial charge in [0.2, 0.25) is 21.8 Å². The maximum atomic E-state index is 13.2. The second-order valence-corrected chi connectivity index (χ2v) is 10.2. The summed E-state index contributed by atoms with van der Waals surface area (Å²) >= 11 is 0. The minimum atomic E-state index is -3.81. The van der Waals surface area contributed by atoms with Crippen LogP contribution in [0.1, 0.15) is 12.8 Å². The number of hydrogen-bond acceptors (Lipinski definition) is 5. The van der Waals surface area contributed by atoms with Crippen LogP contribution in [-0.2, 0) is 14.8 Å². The van der Waals surface area contributed by atoms with Crippen LogP contribution in [0.15, 0.2) is 82.1 Å². The number of para-hydroxylation sites is 2. The van der Waals surface area contributed by atoms with Gasteiger partial charge in [0.25, 0.3) is 0 Å². The number of rotatable bonds is 5. The molecule has 1 aliphatic rings. The van der Waals surface area contributed by atoms with Crippen molar-refractivity contribution < 1.29 is 22.0 Å². The molecule has 9 heteroatoms. The maximum absolute atomic E-state index is 13.2. The fraction of sp³-hybridized carbons (Fsp3) is 0.200. The van der Waals surface area contributed by atoms with Gasteiger partial charge in [0, 0.05) is 24.3 Å². The number of piperidine rings is 1. The third-order valence-electron chi connectivity index (χ3n) is 5.88. The van der Waals surface area contributed by atoms with Crippen LogP contribution in [0.4, 0.5) is 10.1 Å². The number of fused-ring (bicyclic) bond motifs is 1. The molecule has 4 aromatic rings. The SMILES string of the molecule is O=C(Nc1cccc(-c2nc3ccccc3o2)c1)C1CCCN(S(=O)(=O)c2ccc(F)cc2)C1. The highest BCUT2D eigenvalue weighted by Gasteiger charge is 2.33. The first-order chi connectivity index (χ1) is 16.4. The number of amides is 1. The third-order valence-corrected chi connectivity index (χ3v) is 7.76. The number of nitrogens with one attached hydrogen (secondary N) is 1. The van der Waals surface area contributed by atoms with Gasteiger partial charge in [-0.1, -0.05) is 18.2 Å². The third kappa shape index (κ3) is 4.44. The smallest absolute Gasteiger partial charge is 0.243 e. The zero-order valence-electron chi connectivity index (χ0n) is 18.1. The van der Waals surface area contributed by atoms with Gasteiger partial charge in [0.1, 0.15) is 11.3 Å². The van der Waals surface area contributed by atoms with Crippen LogP contribution in [0.25, 0.3) is 22.6 Å². The molecule has 0 aliphatic carbocycles. The summed E-state index contributed by atoms with van der Waals surface area (Å²) in [6.07, 6.45) is 1.13. The lowest BCUT2D eigenvalue weighted by molar-refractivity contribution is -0.120. The quantitative estimate of drug-likeness (QED) is 0.449. The molecule has 2 heterocycles. The predicted molar refractivity (Wildman–Crippen MR) is 126 cm³/mol. The zero-order chi connectivity index (χ0) is 23.7. The van der Waals surface area contributed by atoms with Crippen molar-refractivity contribution >= 4 is 32.7 Å². The molecule has 3 aromatic carbocycles. The van der Waals surface area contributed by atoms with E-state index >= 15 is 0 Å². The van der Waals surface area contributed by atoms with E-state index in [9.17, 15) is 17.6 Å². The standard InChI is InChI=1S/C25H22FN3O4S/c26-19-10-12-21(13-11-19)34(31,32)29-14-4-6-18(16-29)24(30)27-20-7-3-5-17(15-20)25-28-22-8-1-2-9-23(22)33-25/h1-3,5,7-13,15,18H,4,6,14,16H2,(H,27,30). The molecule has 0 radical (unpaired) electrons. The molecule has 0 saturated carbocycles. The largest absolute Gasteiger partial charge is 0.436 e. The first-order valence-electron chi connectivity index (χ1n) is 10.9. The van der Waals surface area contributed by atoms with Crippen molar-refractivity contribution in [2.75, 3.05) is 18.4 Å². The predicted octanol–water partition coefficient (Wildman–Crippen LogP) is 4.67. The molecule has 34 heavy (non-hydrogen) atoms. The molecule has 0 bridgehead atoms. The second kappa shape index (κ2) is 9.00. The van der Waals surface area contributed by atoms with Crippen molar-refractivity contribution in [2.24, 2.45) is 5.92 Å². The lowest BCUT2D eigenvalue weighted by Crippen LogP contribution is -2.43. The number of hydrogen-bond donors (Lipinski definition) is 1. The molecular weight excluding hydrogens is 457 g/mol. The van der Waals surface area contributed by atoms with Gasteiger partial charge in [-0.2, -0.15) is 4.31 Å². The number of carbonyl (C=O) groups excluding carboxylic acids is 1. The molecule has 1 unspecified atom stereocenters. The second-order valence-electron chi connectivity index (χ2n) is 8.21. The molecule has 1 saturated heterocycles. The Morgan fingerprint density at radius 3 is 2.65 bits per heavy atom. The summed E-state index contributed by atoms with van der Waals surface area (Å²) in [5.74, 6) is -0.813. The van der Waals surface area contributed by atoms with Crippen LogP contribution in [0.3, 0.4) is 0 Å². The normalized spacial score (nSPS) is 17.0. The number of halogens is 1. The Balaban J connectivity index is 1.30. The molecule has 7 nitrogen and oxygen atoms in total. The molecule has 5 rings (SSSR count). The van der Waals surface area contributed by atoms with Gasteiger partial charge in [0.05, 0.1) is 10.8 Å². The highest BCUT2D eigenvalue weighted by molar-refractivity contribution is 7.89. The Kier molecular flexibility index (Phi) is 5.89. The topological polar surface area (TPSA) is 92.5 Å². The number of sulfonamides is 1. The number of nitrogens with zero attached hydrogens (tertiary/aromatic N) is 2. The average Bonchev–Trinajstić information content (AvgIpc) is 3.29. The van der Waals surface area contributed by atoms with E-state index in [1.807, 2.05) is 30.3 Å². The number of carbonyl (C=O) groups is 1. The highest BCUT2D eigenvalue weighted by Crippen LogP contribution is 2.28. The lowest BCUT2D eigenvalue weighted by Gasteiger charge is -2.31. The summed E-state index contributed by atoms with van der Waals surface area (Å²) in [5, 5.41) is 2.90. The van der Waals surface area contributed by atoms with Crippen molar-refractivity contribution in [3.63, 3.8) is 0 Å². The molecule has 1 N–H and O–H groups in total. The minimum absolute atomic E-state index is 0.0148. The van der Waals surface area contributed by atoms with Gasteiger partial charge in [0.15, 0.2) is 5.58 Å². The Labute approximate surface area is 196 Å². The van der Waals surface area contributed by atoms with Crippen LogP contribution in [0.5, 0.6) is 0 Å². The van der Waals surface area contributed by atoms with Crippen molar-refractivity contribution in [1.29, 1.82) is 0 Å². The van der Waals surface area contributed by atoms with Gasteiger partial charge in [-0.15, -0.1) is 0 Å². The summed E-state index contributed by atoms with van der Waals surface area (Å²) in [6, 6.07) is 19.4. The van der Waals surface area contributed by atoms with Gasteiger partial charge >= 0.3 is 0 Å². The van der Waals surface area contributed by atoms with Crippen LogP contribution >= 0.6 is 0 Å². The highest BCUT2D eigenvalue weighted by atomic mass is 32.2. The van der Waals surface area contributed by atoms with E-state index in [1.54, 1.807) is 18.2 Å². The average molecular weight is 480 g/mol. The van der Waals surface area contributed by atoms with Crippen molar-refractivity contribution in [3.05, 3.63) is 78.6 Å². The first kappa shape index (κ1) is 22.2. The van der Waals surface area contributed by atoms with Crippen molar-refractivity contribution in [2.45, 2.75) is 17.7 Å². The van der Waals surface area contributed by atoms with Crippen molar-refractivity contribution in [3.8, 4) is 11.5 Å². The Morgan fingerprint density at radius 1 is 1.06 bits per heavy atom. The summed E-state index contributed by atoms with van der Waals surface area (Å²) < 4.78 is 46.2. The van der Waals surface area contributed by atoms with E-state index in [4.69, 9.17) is 4.42 Å². The number of aromatic nitrogens is 1. The maximum Gasteiger partial charge on any atom is 0.243 e. The van der Waals surface area contributed by atoms with Crippen LogP contribution in [0, 0.1) is 11.7 Å².